The van der Waals surface area contributed by atoms with Crippen molar-refractivity contribution in [2.24, 2.45) is 5.73 Å². The van der Waals surface area contributed by atoms with Crippen LogP contribution in [0, 0.1) is 18.3 Å². The van der Waals surface area contributed by atoms with E-state index in [4.69, 9.17) is 11.0 Å². The zero-order valence-electron chi connectivity index (χ0n) is 11.9. The maximum Gasteiger partial charge on any atom is 0.228 e. The highest BCUT2D eigenvalue weighted by atomic mass is 16.1. The molecule has 0 aromatic heterocycles. The maximum absolute atomic E-state index is 12.2. The number of hydrogen-bond donors (Lipinski definition) is 2. The van der Waals surface area contributed by atoms with Crippen molar-refractivity contribution < 1.29 is 4.79 Å². The lowest BCUT2D eigenvalue weighted by atomic mass is 10.0. The van der Waals surface area contributed by atoms with Gasteiger partial charge in [0.1, 0.15) is 6.07 Å². The van der Waals surface area contributed by atoms with Gasteiger partial charge in [0.2, 0.25) is 5.91 Å². The number of nitriles is 1. The molecule has 0 aliphatic heterocycles. The van der Waals surface area contributed by atoms with Gasteiger partial charge < -0.3 is 11.1 Å². The predicted octanol–water partition coefficient (Wildman–Crippen LogP) is 2.51. The highest BCUT2D eigenvalue weighted by molar-refractivity contribution is 5.93. The third-order valence-corrected chi connectivity index (χ3v) is 3.35. The first kappa shape index (κ1) is 14.8. The second-order valence-electron chi connectivity index (χ2n) is 4.81. The van der Waals surface area contributed by atoms with Crippen molar-refractivity contribution in [2.45, 2.75) is 19.9 Å². The van der Waals surface area contributed by atoms with E-state index in [1.54, 1.807) is 6.07 Å². The van der Waals surface area contributed by atoms with E-state index in [0.717, 1.165) is 16.7 Å². The fraction of sp³-hybridized carbons (Fsp3) is 0.176. The quantitative estimate of drug-likeness (QED) is 0.902. The van der Waals surface area contributed by atoms with Crippen LogP contribution < -0.4 is 11.1 Å². The monoisotopic (exact) mass is 279 g/mol. The molecule has 106 valence electrons. The molecule has 0 aliphatic rings. The number of carbonyl (C=O) groups excluding carboxylic acids is 1. The number of amides is 1. The molecule has 0 heterocycles. The Bertz CT molecular complexity index is 701. The van der Waals surface area contributed by atoms with Crippen molar-refractivity contribution in [3.8, 4) is 6.07 Å². The van der Waals surface area contributed by atoms with Crippen LogP contribution in [0.5, 0.6) is 0 Å². The first-order valence-electron chi connectivity index (χ1n) is 6.72. The van der Waals surface area contributed by atoms with Gasteiger partial charge in [0.05, 0.1) is 17.7 Å². The van der Waals surface area contributed by atoms with Crippen molar-refractivity contribution in [3.63, 3.8) is 0 Å². The number of benzene rings is 2. The smallest absolute Gasteiger partial charge is 0.228 e. The highest BCUT2D eigenvalue weighted by Gasteiger charge is 2.10. The minimum absolute atomic E-state index is 0.155. The SMILES string of the molecule is Cc1cccc(NC(=O)Cc2ccccc2CN)c1C#N. The number of rotatable bonds is 4. The second kappa shape index (κ2) is 6.69. The molecule has 2 aromatic carbocycles. The molecule has 0 spiro atoms. The molecular weight excluding hydrogens is 262 g/mol. The predicted molar refractivity (Wildman–Crippen MR) is 82.6 cm³/mol. The Balaban J connectivity index is 2.16. The molecule has 0 aliphatic carbocycles. The summed E-state index contributed by atoms with van der Waals surface area (Å²) in [4.78, 5) is 12.2. The molecule has 0 atom stereocenters. The normalized spacial score (nSPS) is 9.95. The summed E-state index contributed by atoms with van der Waals surface area (Å²) in [6.07, 6.45) is 0.242. The first-order chi connectivity index (χ1) is 10.2. The van der Waals surface area contributed by atoms with Gasteiger partial charge in [-0.25, -0.2) is 0 Å². The summed E-state index contributed by atoms with van der Waals surface area (Å²) < 4.78 is 0. The lowest BCUT2D eigenvalue weighted by Gasteiger charge is -2.10. The summed E-state index contributed by atoms with van der Waals surface area (Å²) in [6, 6.07) is 15.1. The number of nitrogens with zero attached hydrogens (tertiary/aromatic N) is 1. The standard InChI is InChI=1S/C17H17N3O/c1-12-5-4-8-16(15(12)11-19)20-17(21)9-13-6-2-3-7-14(13)10-18/h2-8H,9-10,18H2,1H3,(H,20,21). The van der Waals surface area contributed by atoms with Crippen LogP contribution in [0.4, 0.5) is 5.69 Å². The molecule has 1 amide bonds. The first-order valence-corrected chi connectivity index (χ1v) is 6.72. The number of nitrogens with one attached hydrogen (secondary N) is 1. The van der Waals surface area contributed by atoms with Gasteiger partial charge in [-0.2, -0.15) is 5.26 Å². The van der Waals surface area contributed by atoms with E-state index in [2.05, 4.69) is 11.4 Å². The molecule has 4 nitrogen and oxygen atoms in total. The van der Waals surface area contributed by atoms with Gasteiger partial charge in [-0.05, 0) is 29.7 Å². The van der Waals surface area contributed by atoms with Crippen molar-refractivity contribution in [3.05, 3.63) is 64.7 Å². The van der Waals surface area contributed by atoms with Crippen LogP contribution in [0.3, 0.4) is 0 Å². The number of anilines is 1. The second-order valence-corrected chi connectivity index (χ2v) is 4.81. The summed E-state index contributed by atoms with van der Waals surface area (Å²) in [5.74, 6) is -0.155. The molecule has 3 N–H and O–H groups in total. The van der Waals surface area contributed by atoms with Crippen LogP contribution in [0.25, 0.3) is 0 Å². The molecule has 4 heteroatoms. The van der Waals surface area contributed by atoms with E-state index in [0.29, 0.717) is 17.8 Å². The van der Waals surface area contributed by atoms with Gasteiger partial charge in [-0.1, -0.05) is 36.4 Å². The van der Waals surface area contributed by atoms with Crippen LogP contribution in [-0.4, -0.2) is 5.91 Å². The van der Waals surface area contributed by atoms with Crippen molar-refractivity contribution in [1.82, 2.24) is 0 Å². The van der Waals surface area contributed by atoms with E-state index in [1.807, 2.05) is 43.3 Å². The summed E-state index contributed by atoms with van der Waals surface area (Å²) >= 11 is 0. The number of carbonyl (C=O) groups is 1. The van der Waals surface area contributed by atoms with Crippen LogP contribution in [-0.2, 0) is 17.8 Å². The summed E-state index contributed by atoms with van der Waals surface area (Å²) in [5.41, 5.74) is 9.42. The van der Waals surface area contributed by atoms with E-state index < -0.39 is 0 Å². The summed E-state index contributed by atoms with van der Waals surface area (Å²) in [7, 11) is 0. The molecule has 0 radical (unpaired) electrons. The van der Waals surface area contributed by atoms with E-state index in [-0.39, 0.29) is 12.3 Å². The number of aryl methyl sites for hydroxylation is 1. The van der Waals surface area contributed by atoms with Crippen molar-refractivity contribution >= 4 is 11.6 Å². The summed E-state index contributed by atoms with van der Waals surface area (Å²) in [6.45, 7) is 2.25. The average Bonchev–Trinajstić information content (AvgIpc) is 2.48. The van der Waals surface area contributed by atoms with Gasteiger partial charge >= 0.3 is 0 Å². The maximum atomic E-state index is 12.2. The Labute approximate surface area is 124 Å². The van der Waals surface area contributed by atoms with Gasteiger partial charge in [-0.3, -0.25) is 4.79 Å². The van der Waals surface area contributed by atoms with Crippen LogP contribution in [0.2, 0.25) is 0 Å². The molecule has 2 aromatic rings. The van der Waals surface area contributed by atoms with E-state index in [9.17, 15) is 4.79 Å². The van der Waals surface area contributed by atoms with E-state index in [1.165, 1.54) is 0 Å². The Kier molecular flexibility index (Phi) is 4.70. The Morgan fingerprint density at radius 3 is 2.57 bits per heavy atom. The molecule has 0 fully saturated rings. The molecule has 0 unspecified atom stereocenters. The summed E-state index contributed by atoms with van der Waals surface area (Å²) in [5, 5.41) is 12.0. The molecular formula is C17H17N3O. The molecule has 0 saturated heterocycles. The van der Waals surface area contributed by atoms with E-state index >= 15 is 0 Å². The van der Waals surface area contributed by atoms with Crippen LogP contribution in [0.15, 0.2) is 42.5 Å². The largest absolute Gasteiger partial charge is 0.326 e. The minimum Gasteiger partial charge on any atom is -0.326 e. The molecule has 0 saturated carbocycles. The number of hydrogen-bond acceptors (Lipinski definition) is 3. The van der Waals surface area contributed by atoms with Gasteiger partial charge in [0.25, 0.3) is 0 Å². The third kappa shape index (κ3) is 3.47. The van der Waals surface area contributed by atoms with Gasteiger partial charge in [0, 0.05) is 6.54 Å². The fourth-order valence-electron chi connectivity index (χ4n) is 2.22. The van der Waals surface area contributed by atoms with Crippen molar-refractivity contribution in [1.29, 1.82) is 5.26 Å². The Morgan fingerprint density at radius 1 is 1.19 bits per heavy atom. The average molecular weight is 279 g/mol. The molecule has 0 bridgehead atoms. The molecule has 21 heavy (non-hydrogen) atoms. The Morgan fingerprint density at radius 2 is 1.90 bits per heavy atom. The van der Waals surface area contributed by atoms with Crippen molar-refractivity contribution in [2.75, 3.05) is 5.32 Å². The van der Waals surface area contributed by atoms with Gasteiger partial charge in [-0.15, -0.1) is 0 Å². The van der Waals surface area contributed by atoms with Crippen LogP contribution in [0.1, 0.15) is 22.3 Å². The molecule has 2 rings (SSSR count). The Hall–Kier alpha value is -2.64. The third-order valence-electron chi connectivity index (χ3n) is 3.35. The number of nitrogens with two attached hydrogens (primary N) is 1. The zero-order chi connectivity index (χ0) is 15.2. The minimum atomic E-state index is -0.155. The van der Waals surface area contributed by atoms with Crippen LogP contribution >= 0.6 is 0 Å². The van der Waals surface area contributed by atoms with Gasteiger partial charge in [0.15, 0.2) is 0 Å². The lowest BCUT2D eigenvalue weighted by molar-refractivity contribution is -0.115. The fourth-order valence-corrected chi connectivity index (χ4v) is 2.22. The highest BCUT2D eigenvalue weighted by Crippen LogP contribution is 2.19. The topological polar surface area (TPSA) is 78.9 Å². The lowest BCUT2D eigenvalue weighted by Crippen LogP contribution is -2.17. The zero-order valence-corrected chi connectivity index (χ0v) is 11.9.